The molecule has 0 radical (unpaired) electrons. The SMILES string of the molecule is CC1CN=C(NCC2CCN(C)C2)SC1. The van der Waals surface area contributed by atoms with Crippen LogP contribution in [0.15, 0.2) is 4.99 Å². The average molecular weight is 227 g/mol. The number of hydrogen-bond acceptors (Lipinski definition) is 4. The van der Waals surface area contributed by atoms with Crippen molar-refractivity contribution in [2.45, 2.75) is 13.3 Å². The normalized spacial score (nSPS) is 32.8. The Kier molecular flexibility index (Phi) is 3.92. The molecule has 0 spiro atoms. The number of nitrogens with zero attached hydrogens (tertiary/aromatic N) is 2. The lowest BCUT2D eigenvalue weighted by atomic mass is 10.1. The van der Waals surface area contributed by atoms with Crippen LogP contribution in [0.25, 0.3) is 0 Å². The van der Waals surface area contributed by atoms with E-state index in [2.05, 4.69) is 29.2 Å². The molecule has 2 atom stereocenters. The number of aliphatic imine (C=N–C) groups is 1. The molecule has 0 aliphatic carbocycles. The van der Waals surface area contributed by atoms with Gasteiger partial charge in [0.25, 0.3) is 0 Å². The molecule has 0 aromatic heterocycles. The third kappa shape index (κ3) is 3.38. The van der Waals surface area contributed by atoms with E-state index in [-0.39, 0.29) is 0 Å². The predicted molar refractivity (Wildman–Crippen MR) is 67.5 cm³/mol. The van der Waals surface area contributed by atoms with Gasteiger partial charge >= 0.3 is 0 Å². The quantitative estimate of drug-likeness (QED) is 0.770. The van der Waals surface area contributed by atoms with Gasteiger partial charge in [-0.3, -0.25) is 4.99 Å². The Morgan fingerprint density at radius 2 is 2.47 bits per heavy atom. The predicted octanol–water partition coefficient (Wildman–Crippen LogP) is 1.27. The fourth-order valence-electron chi connectivity index (χ4n) is 2.09. The topological polar surface area (TPSA) is 27.6 Å². The number of nitrogens with one attached hydrogen (secondary N) is 1. The fraction of sp³-hybridized carbons (Fsp3) is 0.909. The molecule has 2 aliphatic rings. The van der Waals surface area contributed by atoms with E-state index in [1.165, 1.54) is 30.4 Å². The van der Waals surface area contributed by atoms with Crippen molar-refractivity contribution in [1.29, 1.82) is 0 Å². The van der Waals surface area contributed by atoms with Crippen molar-refractivity contribution in [3.05, 3.63) is 0 Å². The van der Waals surface area contributed by atoms with E-state index in [1.54, 1.807) is 0 Å². The van der Waals surface area contributed by atoms with Gasteiger partial charge in [0.15, 0.2) is 5.17 Å². The van der Waals surface area contributed by atoms with Gasteiger partial charge in [-0.25, -0.2) is 0 Å². The van der Waals surface area contributed by atoms with E-state index in [0.717, 1.165) is 24.9 Å². The van der Waals surface area contributed by atoms with Crippen LogP contribution in [0.3, 0.4) is 0 Å². The average Bonchev–Trinajstić information content (AvgIpc) is 2.64. The van der Waals surface area contributed by atoms with Crippen LogP contribution in [0.1, 0.15) is 13.3 Å². The zero-order chi connectivity index (χ0) is 10.7. The van der Waals surface area contributed by atoms with Crippen LogP contribution in [-0.2, 0) is 0 Å². The van der Waals surface area contributed by atoms with E-state index in [1.807, 2.05) is 11.8 Å². The second kappa shape index (κ2) is 5.21. The zero-order valence-electron chi connectivity index (χ0n) is 9.70. The molecule has 0 aromatic rings. The molecule has 15 heavy (non-hydrogen) atoms. The summed E-state index contributed by atoms with van der Waals surface area (Å²) in [4.78, 5) is 6.95. The van der Waals surface area contributed by atoms with Crippen molar-refractivity contribution in [3.63, 3.8) is 0 Å². The Morgan fingerprint density at radius 3 is 3.07 bits per heavy atom. The molecule has 1 N–H and O–H groups in total. The van der Waals surface area contributed by atoms with Crippen molar-refractivity contribution < 1.29 is 0 Å². The maximum Gasteiger partial charge on any atom is 0.156 e. The van der Waals surface area contributed by atoms with Gasteiger partial charge in [0, 0.05) is 25.4 Å². The van der Waals surface area contributed by atoms with Gasteiger partial charge in [-0.15, -0.1) is 0 Å². The highest BCUT2D eigenvalue weighted by molar-refractivity contribution is 8.13. The lowest BCUT2D eigenvalue weighted by Crippen LogP contribution is -2.31. The van der Waals surface area contributed by atoms with Gasteiger partial charge in [-0.2, -0.15) is 0 Å². The molecule has 2 rings (SSSR count). The molecular formula is C11H21N3S. The van der Waals surface area contributed by atoms with Gasteiger partial charge in [-0.1, -0.05) is 18.7 Å². The minimum Gasteiger partial charge on any atom is -0.365 e. The number of amidine groups is 1. The molecule has 2 unspecified atom stereocenters. The minimum absolute atomic E-state index is 0.748. The van der Waals surface area contributed by atoms with Gasteiger partial charge in [0.1, 0.15) is 0 Å². The van der Waals surface area contributed by atoms with Crippen LogP contribution < -0.4 is 5.32 Å². The summed E-state index contributed by atoms with van der Waals surface area (Å²) in [5, 5.41) is 4.66. The highest BCUT2D eigenvalue weighted by Gasteiger charge is 2.20. The van der Waals surface area contributed by atoms with Crippen molar-refractivity contribution in [1.82, 2.24) is 10.2 Å². The van der Waals surface area contributed by atoms with Crippen molar-refractivity contribution in [2.75, 3.05) is 39.0 Å². The highest BCUT2D eigenvalue weighted by Crippen LogP contribution is 2.17. The van der Waals surface area contributed by atoms with E-state index in [9.17, 15) is 0 Å². The molecule has 86 valence electrons. The fourth-order valence-corrected chi connectivity index (χ4v) is 2.99. The van der Waals surface area contributed by atoms with Gasteiger partial charge in [0.2, 0.25) is 0 Å². The van der Waals surface area contributed by atoms with Crippen LogP contribution in [0.2, 0.25) is 0 Å². The Labute approximate surface area is 96.7 Å². The first-order chi connectivity index (χ1) is 7.24. The summed E-state index contributed by atoms with van der Waals surface area (Å²) in [6.45, 7) is 6.86. The van der Waals surface area contributed by atoms with Crippen LogP contribution in [0.4, 0.5) is 0 Å². The molecule has 0 amide bonds. The highest BCUT2D eigenvalue weighted by atomic mass is 32.2. The standard InChI is InChI=1S/C11H21N3S/c1-9-5-12-11(15-8-9)13-6-10-3-4-14(2)7-10/h9-10H,3-8H2,1-2H3,(H,12,13). The van der Waals surface area contributed by atoms with Crippen LogP contribution in [0, 0.1) is 11.8 Å². The first-order valence-electron chi connectivity index (χ1n) is 5.83. The third-order valence-electron chi connectivity index (χ3n) is 3.08. The molecule has 0 aromatic carbocycles. The number of thioether (sulfide) groups is 1. The van der Waals surface area contributed by atoms with E-state index in [4.69, 9.17) is 0 Å². The smallest absolute Gasteiger partial charge is 0.156 e. The summed E-state index contributed by atoms with van der Waals surface area (Å²) in [6.07, 6.45) is 1.33. The Bertz CT molecular complexity index is 242. The molecule has 2 aliphatic heterocycles. The van der Waals surface area contributed by atoms with E-state index in [0.29, 0.717) is 0 Å². The third-order valence-corrected chi connectivity index (χ3v) is 4.36. The van der Waals surface area contributed by atoms with Crippen molar-refractivity contribution >= 4 is 16.9 Å². The molecule has 3 nitrogen and oxygen atoms in total. The maximum absolute atomic E-state index is 4.55. The summed E-state index contributed by atoms with van der Waals surface area (Å²) in [5.74, 6) is 2.78. The van der Waals surface area contributed by atoms with Crippen LogP contribution in [-0.4, -0.2) is 49.0 Å². The molecule has 1 fully saturated rings. The Morgan fingerprint density at radius 1 is 1.60 bits per heavy atom. The van der Waals surface area contributed by atoms with E-state index >= 15 is 0 Å². The Balaban J connectivity index is 1.69. The lowest BCUT2D eigenvalue weighted by molar-refractivity contribution is 0.394. The molecule has 1 saturated heterocycles. The zero-order valence-corrected chi connectivity index (χ0v) is 10.5. The maximum atomic E-state index is 4.55. The first-order valence-corrected chi connectivity index (χ1v) is 6.82. The summed E-state index contributed by atoms with van der Waals surface area (Å²) < 4.78 is 0. The van der Waals surface area contributed by atoms with Gasteiger partial charge < -0.3 is 10.2 Å². The summed E-state index contributed by atoms with van der Waals surface area (Å²) in [5.41, 5.74) is 0. The number of likely N-dealkylation sites (tertiary alicyclic amines) is 1. The Hall–Kier alpha value is -0.220. The summed E-state index contributed by atoms with van der Waals surface area (Å²) in [7, 11) is 2.20. The lowest BCUT2D eigenvalue weighted by Gasteiger charge is -2.19. The van der Waals surface area contributed by atoms with Crippen molar-refractivity contribution in [3.8, 4) is 0 Å². The molecule has 4 heteroatoms. The minimum atomic E-state index is 0.748. The second-order valence-corrected chi connectivity index (χ2v) is 5.87. The summed E-state index contributed by atoms with van der Waals surface area (Å²) in [6, 6.07) is 0. The molecule has 2 heterocycles. The van der Waals surface area contributed by atoms with Crippen LogP contribution >= 0.6 is 11.8 Å². The largest absolute Gasteiger partial charge is 0.365 e. The van der Waals surface area contributed by atoms with Crippen molar-refractivity contribution in [2.24, 2.45) is 16.8 Å². The molecular weight excluding hydrogens is 206 g/mol. The number of hydrogen-bond donors (Lipinski definition) is 1. The van der Waals surface area contributed by atoms with Crippen LogP contribution in [0.5, 0.6) is 0 Å². The van der Waals surface area contributed by atoms with Gasteiger partial charge in [-0.05, 0) is 31.8 Å². The second-order valence-electron chi connectivity index (χ2n) is 4.86. The van der Waals surface area contributed by atoms with E-state index < -0.39 is 0 Å². The summed E-state index contributed by atoms with van der Waals surface area (Å²) >= 11 is 1.88. The molecule has 0 saturated carbocycles. The molecule has 0 bridgehead atoms. The monoisotopic (exact) mass is 227 g/mol. The first kappa shape index (κ1) is 11.3. The van der Waals surface area contributed by atoms with Gasteiger partial charge in [0.05, 0.1) is 0 Å². The number of rotatable bonds is 2.